The molecule has 0 heterocycles. The summed E-state index contributed by atoms with van der Waals surface area (Å²) in [4.78, 5) is 24.6. The summed E-state index contributed by atoms with van der Waals surface area (Å²) >= 11 is 0. The van der Waals surface area contributed by atoms with E-state index in [2.05, 4.69) is 5.32 Å². The van der Waals surface area contributed by atoms with Crippen LogP contribution >= 0.6 is 0 Å². The monoisotopic (exact) mass is 392 g/mol. The van der Waals surface area contributed by atoms with Gasteiger partial charge in [0.25, 0.3) is 0 Å². The van der Waals surface area contributed by atoms with Crippen LogP contribution in [0.25, 0.3) is 0 Å². The molecule has 0 saturated heterocycles. The van der Waals surface area contributed by atoms with Crippen molar-refractivity contribution < 1.29 is 18.7 Å². The summed E-state index contributed by atoms with van der Waals surface area (Å²) in [7, 11) is 0. The van der Waals surface area contributed by atoms with Gasteiger partial charge in [-0.2, -0.15) is 0 Å². The molecule has 1 unspecified atom stereocenters. The summed E-state index contributed by atoms with van der Waals surface area (Å²) < 4.78 is 18.6. The molecule has 1 atom stereocenters. The molecule has 3 N–H and O–H groups in total. The molecule has 0 spiro atoms. The van der Waals surface area contributed by atoms with Gasteiger partial charge in [0.2, 0.25) is 11.8 Å². The van der Waals surface area contributed by atoms with Gasteiger partial charge in [-0.3, -0.25) is 9.59 Å². The molecule has 0 saturated carbocycles. The van der Waals surface area contributed by atoms with Crippen LogP contribution in [0.15, 0.2) is 78.9 Å². The first-order valence-electron chi connectivity index (χ1n) is 9.05. The van der Waals surface area contributed by atoms with E-state index in [0.29, 0.717) is 17.1 Å². The highest BCUT2D eigenvalue weighted by molar-refractivity contribution is 5.91. The van der Waals surface area contributed by atoms with Crippen LogP contribution in [0.4, 0.5) is 4.39 Å². The average molecular weight is 392 g/mol. The molecule has 3 aromatic carbocycles. The van der Waals surface area contributed by atoms with Gasteiger partial charge in [-0.05, 0) is 54.4 Å². The second-order valence-corrected chi connectivity index (χ2v) is 6.78. The van der Waals surface area contributed by atoms with Gasteiger partial charge in [0.15, 0.2) is 0 Å². The van der Waals surface area contributed by atoms with Crippen LogP contribution in [0, 0.1) is 5.82 Å². The second-order valence-electron chi connectivity index (χ2n) is 6.78. The summed E-state index contributed by atoms with van der Waals surface area (Å²) in [6.45, 7) is 1.56. The van der Waals surface area contributed by atoms with Crippen molar-refractivity contribution in [2.45, 2.75) is 18.9 Å². The summed E-state index contributed by atoms with van der Waals surface area (Å²) in [5.74, 6) is -0.359. The number of amides is 2. The summed E-state index contributed by atoms with van der Waals surface area (Å²) in [6, 6.07) is 21.5. The van der Waals surface area contributed by atoms with E-state index in [4.69, 9.17) is 10.5 Å². The standard InChI is InChI=1S/C23H21FN2O3/c1-23(22(25)28,26-21(27)15-16-5-3-2-4-6-16)17-7-11-19(12-8-17)29-20-13-9-18(24)10-14-20/h2-14H,15H2,1H3,(H2,25,28)(H,26,27). The van der Waals surface area contributed by atoms with Crippen molar-refractivity contribution in [1.29, 1.82) is 0 Å². The zero-order chi connectivity index (χ0) is 20.9. The molecule has 0 bridgehead atoms. The SMILES string of the molecule is CC(NC(=O)Cc1ccccc1)(C(N)=O)c1ccc(Oc2ccc(F)cc2)cc1. The zero-order valence-corrected chi connectivity index (χ0v) is 15.9. The molecular formula is C23H21FN2O3. The number of carbonyl (C=O) groups is 2. The lowest BCUT2D eigenvalue weighted by Gasteiger charge is -2.28. The number of benzene rings is 3. The van der Waals surface area contributed by atoms with Gasteiger partial charge < -0.3 is 15.8 Å². The topological polar surface area (TPSA) is 81.4 Å². The molecule has 0 aliphatic carbocycles. The molecule has 0 radical (unpaired) electrons. The van der Waals surface area contributed by atoms with E-state index in [1.54, 1.807) is 31.2 Å². The minimum atomic E-state index is -1.37. The lowest BCUT2D eigenvalue weighted by atomic mass is 9.90. The first-order valence-corrected chi connectivity index (χ1v) is 9.05. The highest BCUT2D eigenvalue weighted by atomic mass is 19.1. The number of ether oxygens (including phenoxy) is 1. The fourth-order valence-corrected chi connectivity index (χ4v) is 2.88. The summed E-state index contributed by atoms with van der Waals surface area (Å²) in [5, 5.41) is 2.74. The Kier molecular flexibility index (Phi) is 5.93. The largest absolute Gasteiger partial charge is 0.457 e. The van der Waals surface area contributed by atoms with E-state index in [0.717, 1.165) is 5.56 Å². The number of hydrogen-bond donors (Lipinski definition) is 2. The highest BCUT2D eigenvalue weighted by Crippen LogP contribution is 2.26. The number of primary amides is 1. The third-order valence-electron chi connectivity index (χ3n) is 4.57. The lowest BCUT2D eigenvalue weighted by Crippen LogP contribution is -2.53. The molecule has 29 heavy (non-hydrogen) atoms. The Morgan fingerprint density at radius 1 is 0.931 bits per heavy atom. The molecule has 5 nitrogen and oxygen atoms in total. The van der Waals surface area contributed by atoms with Gasteiger partial charge in [-0.15, -0.1) is 0 Å². The van der Waals surface area contributed by atoms with Crippen LogP contribution in [-0.2, 0) is 21.5 Å². The van der Waals surface area contributed by atoms with Crippen molar-refractivity contribution in [2.75, 3.05) is 0 Å². The summed E-state index contributed by atoms with van der Waals surface area (Å²) in [6.07, 6.45) is 0.134. The van der Waals surface area contributed by atoms with Gasteiger partial charge in [0.1, 0.15) is 22.9 Å². The predicted molar refractivity (Wildman–Crippen MR) is 108 cm³/mol. The maximum atomic E-state index is 13.0. The first-order chi connectivity index (χ1) is 13.9. The van der Waals surface area contributed by atoms with Crippen LogP contribution in [-0.4, -0.2) is 11.8 Å². The Bertz CT molecular complexity index is 989. The Morgan fingerprint density at radius 3 is 2.03 bits per heavy atom. The molecular weight excluding hydrogens is 371 g/mol. The maximum absolute atomic E-state index is 13.0. The molecule has 0 aliphatic rings. The molecule has 0 fully saturated rings. The number of hydrogen-bond acceptors (Lipinski definition) is 3. The van der Waals surface area contributed by atoms with Crippen molar-refractivity contribution >= 4 is 11.8 Å². The second kappa shape index (κ2) is 8.56. The van der Waals surface area contributed by atoms with Gasteiger partial charge in [0, 0.05) is 0 Å². The third-order valence-corrected chi connectivity index (χ3v) is 4.57. The minimum absolute atomic E-state index is 0.134. The average Bonchev–Trinajstić information content (AvgIpc) is 2.70. The quantitative estimate of drug-likeness (QED) is 0.644. The number of carbonyl (C=O) groups excluding carboxylic acids is 2. The Morgan fingerprint density at radius 2 is 1.48 bits per heavy atom. The Labute approximate surface area is 168 Å². The first kappa shape index (κ1) is 20.1. The van der Waals surface area contributed by atoms with E-state index in [9.17, 15) is 14.0 Å². The fourth-order valence-electron chi connectivity index (χ4n) is 2.88. The Balaban J connectivity index is 1.74. The van der Waals surface area contributed by atoms with Crippen molar-refractivity contribution in [3.63, 3.8) is 0 Å². The van der Waals surface area contributed by atoms with E-state index in [1.807, 2.05) is 30.3 Å². The lowest BCUT2D eigenvalue weighted by molar-refractivity contribution is -0.131. The van der Waals surface area contributed by atoms with Crippen molar-refractivity contribution in [3.05, 3.63) is 95.8 Å². The van der Waals surface area contributed by atoms with Crippen molar-refractivity contribution in [1.82, 2.24) is 5.32 Å². The van der Waals surface area contributed by atoms with Crippen molar-refractivity contribution in [3.8, 4) is 11.5 Å². The van der Waals surface area contributed by atoms with Crippen LogP contribution in [0.3, 0.4) is 0 Å². The van der Waals surface area contributed by atoms with Crippen LogP contribution < -0.4 is 15.8 Å². The van der Waals surface area contributed by atoms with E-state index < -0.39 is 11.4 Å². The molecule has 0 aliphatic heterocycles. The number of nitrogens with one attached hydrogen (secondary N) is 1. The van der Waals surface area contributed by atoms with Gasteiger partial charge >= 0.3 is 0 Å². The van der Waals surface area contributed by atoms with Gasteiger partial charge in [0.05, 0.1) is 6.42 Å². The zero-order valence-electron chi connectivity index (χ0n) is 15.9. The number of halogens is 1. The maximum Gasteiger partial charge on any atom is 0.247 e. The Hall–Kier alpha value is -3.67. The number of nitrogens with two attached hydrogens (primary N) is 1. The van der Waals surface area contributed by atoms with Crippen LogP contribution in [0.2, 0.25) is 0 Å². The minimum Gasteiger partial charge on any atom is -0.457 e. The molecule has 0 aromatic heterocycles. The predicted octanol–water partition coefficient (Wildman–Crippen LogP) is 3.68. The fraction of sp³-hybridized carbons (Fsp3) is 0.130. The molecule has 2 amide bonds. The van der Waals surface area contributed by atoms with Crippen LogP contribution in [0.5, 0.6) is 11.5 Å². The molecule has 6 heteroatoms. The number of rotatable bonds is 7. The van der Waals surface area contributed by atoms with Crippen molar-refractivity contribution in [2.24, 2.45) is 5.73 Å². The van der Waals surface area contributed by atoms with E-state index in [-0.39, 0.29) is 18.1 Å². The van der Waals surface area contributed by atoms with Crippen LogP contribution in [0.1, 0.15) is 18.1 Å². The normalized spacial score (nSPS) is 12.6. The third kappa shape index (κ3) is 4.99. The van der Waals surface area contributed by atoms with E-state index in [1.165, 1.54) is 24.3 Å². The van der Waals surface area contributed by atoms with E-state index >= 15 is 0 Å². The van der Waals surface area contributed by atoms with Gasteiger partial charge in [-0.1, -0.05) is 42.5 Å². The van der Waals surface area contributed by atoms with Gasteiger partial charge in [-0.25, -0.2) is 4.39 Å². The summed E-state index contributed by atoms with van der Waals surface area (Å²) in [5.41, 5.74) is 5.58. The molecule has 148 valence electrons. The smallest absolute Gasteiger partial charge is 0.247 e. The molecule has 3 rings (SSSR count). The molecule has 3 aromatic rings. The highest BCUT2D eigenvalue weighted by Gasteiger charge is 2.35.